The first kappa shape index (κ1) is 19.1. The van der Waals surface area contributed by atoms with Crippen molar-refractivity contribution < 1.29 is 18.8 Å². The molecule has 150 valence electrons. The molecule has 0 N–H and O–H groups in total. The number of ether oxygens (including phenoxy) is 2. The molecule has 1 aromatic carbocycles. The normalized spacial score (nSPS) is 25.6. The molecule has 1 aromatic heterocycles. The molecule has 1 aliphatic carbocycles. The van der Waals surface area contributed by atoms with Crippen molar-refractivity contribution in [2.24, 2.45) is 5.92 Å². The molecule has 2 aliphatic rings. The second-order valence-electron chi connectivity index (χ2n) is 7.56. The molecule has 1 atom stereocenters. The van der Waals surface area contributed by atoms with Gasteiger partial charge in [-0.05, 0) is 37.2 Å². The van der Waals surface area contributed by atoms with E-state index in [2.05, 4.69) is 34.4 Å². The van der Waals surface area contributed by atoms with Gasteiger partial charge in [0.1, 0.15) is 12.6 Å². The van der Waals surface area contributed by atoms with Crippen LogP contribution in [0, 0.1) is 5.92 Å². The molecular weight excluding hydrogens is 358 g/mol. The highest BCUT2D eigenvalue weighted by molar-refractivity contribution is 5.79. The van der Waals surface area contributed by atoms with Gasteiger partial charge in [0.2, 0.25) is 5.91 Å². The van der Waals surface area contributed by atoms with Gasteiger partial charge in [0.15, 0.2) is 5.82 Å². The second kappa shape index (κ2) is 8.84. The lowest BCUT2D eigenvalue weighted by Crippen LogP contribution is -2.46. The molecule has 2 fully saturated rings. The van der Waals surface area contributed by atoms with Crippen molar-refractivity contribution in [1.29, 1.82) is 0 Å². The van der Waals surface area contributed by atoms with Gasteiger partial charge in [-0.2, -0.15) is 4.98 Å². The van der Waals surface area contributed by atoms with Gasteiger partial charge in [-0.3, -0.25) is 4.79 Å². The van der Waals surface area contributed by atoms with Crippen molar-refractivity contribution in [3.63, 3.8) is 0 Å². The van der Waals surface area contributed by atoms with Crippen LogP contribution < -0.4 is 0 Å². The zero-order valence-corrected chi connectivity index (χ0v) is 16.3. The van der Waals surface area contributed by atoms with Gasteiger partial charge >= 0.3 is 0 Å². The zero-order valence-electron chi connectivity index (χ0n) is 16.3. The lowest BCUT2D eigenvalue weighted by atomic mass is 9.78. The largest absolute Gasteiger partial charge is 0.377 e. The van der Waals surface area contributed by atoms with Crippen LogP contribution in [0.25, 0.3) is 0 Å². The van der Waals surface area contributed by atoms with E-state index in [1.165, 1.54) is 5.56 Å². The minimum atomic E-state index is -0.289. The quantitative estimate of drug-likeness (QED) is 0.787. The summed E-state index contributed by atoms with van der Waals surface area (Å²) in [6.45, 7) is 1.77. The van der Waals surface area contributed by atoms with Crippen molar-refractivity contribution >= 4 is 5.91 Å². The van der Waals surface area contributed by atoms with Crippen LogP contribution in [0.4, 0.5) is 0 Å². The molecular formula is C21H27N3O4. The van der Waals surface area contributed by atoms with E-state index in [0.717, 1.165) is 25.7 Å². The fourth-order valence-electron chi connectivity index (χ4n) is 4.30. The summed E-state index contributed by atoms with van der Waals surface area (Å²) >= 11 is 0. The van der Waals surface area contributed by atoms with Crippen molar-refractivity contribution in [1.82, 2.24) is 15.0 Å². The third kappa shape index (κ3) is 4.10. The third-order valence-electron chi connectivity index (χ3n) is 5.81. The minimum Gasteiger partial charge on any atom is -0.377 e. The van der Waals surface area contributed by atoms with Crippen LogP contribution in [-0.2, 0) is 20.9 Å². The number of hydrogen-bond donors (Lipinski definition) is 0. The Morgan fingerprint density at radius 3 is 2.75 bits per heavy atom. The predicted molar refractivity (Wildman–Crippen MR) is 101 cm³/mol. The minimum absolute atomic E-state index is 0.0610. The summed E-state index contributed by atoms with van der Waals surface area (Å²) in [5, 5.41) is 4.05. The number of rotatable bonds is 5. The molecule has 7 heteroatoms. The first-order valence-electron chi connectivity index (χ1n) is 10.0. The Kier molecular flexibility index (Phi) is 6.02. The molecule has 0 unspecified atom stereocenters. The van der Waals surface area contributed by atoms with E-state index in [4.69, 9.17) is 14.0 Å². The Bertz CT molecular complexity index is 771. The molecule has 1 aliphatic heterocycles. The Balaban J connectivity index is 1.41. The standard InChI is InChI=1S/C21H27N3O4/c1-26-14-19-22-20(23-28-19)18-13-27-12-11-24(18)21(25)17-9-7-16(8-10-17)15-5-3-2-4-6-15/h2-6,16-18H,7-14H2,1H3/t16?,17?,18-/m1/s1. The molecule has 2 heterocycles. The topological polar surface area (TPSA) is 77.7 Å². The summed E-state index contributed by atoms with van der Waals surface area (Å²) in [7, 11) is 1.58. The molecule has 1 saturated carbocycles. The number of carbonyl (C=O) groups excluding carboxylic acids is 1. The SMILES string of the molecule is COCc1nc([C@H]2COCCN2C(=O)C2CCC(c3ccccc3)CC2)no1. The molecule has 0 spiro atoms. The Morgan fingerprint density at radius 1 is 1.21 bits per heavy atom. The second-order valence-corrected chi connectivity index (χ2v) is 7.56. The van der Waals surface area contributed by atoms with E-state index in [0.29, 0.717) is 37.4 Å². The van der Waals surface area contributed by atoms with Gasteiger partial charge in [-0.1, -0.05) is 35.5 Å². The molecule has 7 nitrogen and oxygen atoms in total. The van der Waals surface area contributed by atoms with E-state index < -0.39 is 0 Å². The van der Waals surface area contributed by atoms with Crippen LogP contribution in [0.15, 0.2) is 34.9 Å². The molecule has 1 amide bonds. The van der Waals surface area contributed by atoms with Gasteiger partial charge in [0.25, 0.3) is 5.89 Å². The summed E-state index contributed by atoms with van der Waals surface area (Å²) in [6, 6.07) is 10.3. The zero-order chi connectivity index (χ0) is 19.3. The Hall–Kier alpha value is -2.25. The highest BCUT2D eigenvalue weighted by Gasteiger charge is 2.37. The summed E-state index contributed by atoms with van der Waals surface area (Å²) in [4.78, 5) is 19.5. The highest BCUT2D eigenvalue weighted by atomic mass is 16.5. The molecule has 0 radical (unpaired) electrons. The van der Waals surface area contributed by atoms with Gasteiger partial charge in [0, 0.05) is 19.6 Å². The number of methoxy groups -OCH3 is 1. The van der Waals surface area contributed by atoms with Crippen LogP contribution in [0.2, 0.25) is 0 Å². The average molecular weight is 385 g/mol. The lowest BCUT2D eigenvalue weighted by Gasteiger charge is -2.38. The summed E-state index contributed by atoms with van der Waals surface area (Å²) < 4.78 is 15.9. The summed E-state index contributed by atoms with van der Waals surface area (Å²) in [5.41, 5.74) is 1.38. The molecule has 1 saturated heterocycles. The summed E-state index contributed by atoms with van der Waals surface area (Å²) in [6.07, 6.45) is 3.94. The van der Waals surface area contributed by atoms with Gasteiger partial charge < -0.3 is 18.9 Å². The van der Waals surface area contributed by atoms with E-state index in [1.807, 2.05) is 11.0 Å². The summed E-state index contributed by atoms with van der Waals surface area (Å²) in [5.74, 6) is 1.72. The van der Waals surface area contributed by atoms with E-state index in [9.17, 15) is 4.79 Å². The van der Waals surface area contributed by atoms with Gasteiger partial charge in [-0.25, -0.2) is 0 Å². The Morgan fingerprint density at radius 2 is 2.00 bits per heavy atom. The molecule has 28 heavy (non-hydrogen) atoms. The Labute approximate surface area is 165 Å². The van der Waals surface area contributed by atoms with E-state index >= 15 is 0 Å². The fraction of sp³-hybridized carbons (Fsp3) is 0.571. The number of nitrogens with zero attached hydrogens (tertiary/aromatic N) is 3. The highest BCUT2D eigenvalue weighted by Crippen LogP contribution is 2.37. The van der Waals surface area contributed by atoms with E-state index in [-0.39, 0.29) is 24.5 Å². The fourth-order valence-corrected chi connectivity index (χ4v) is 4.30. The first-order valence-corrected chi connectivity index (χ1v) is 10.0. The number of carbonyl (C=O) groups is 1. The van der Waals surface area contributed by atoms with Gasteiger partial charge in [0.05, 0.1) is 13.2 Å². The van der Waals surface area contributed by atoms with Crippen LogP contribution >= 0.6 is 0 Å². The van der Waals surface area contributed by atoms with E-state index in [1.54, 1.807) is 7.11 Å². The number of hydrogen-bond acceptors (Lipinski definition) is 6. The number of morpholine rings is 1. The molecule has 4 rings (SSSR count). The van der Waals surface area contributed by atoms with Gasteiger partial charge in [-0.15, -0.1) is 0 Å². The molecule has 2 aromatic rings. The molecule has 0 bridgehead atoms. The van der Waals surface area contributed by atoms with Crippen LogP contribution in [0.5, 0.6) is 0 Å². The first-order chi connectivity index (χ1) is 13.8. The average Bonchev–Trinajstić information content (AvgIpc) is 3.23. The van der Waals surface area contributed by atoms with Crippen molar-refractivity contribution in [2.45, 2.75) is 44.2 Å². The maximum atomic E-state index is 13.3. The smallest absolute Gasteiger partial charge is 0.252 e. The number of amides is 1. The van der Waals surface area contributed by atoms with Crippen molar-refractivity contribution in [3.8, 4) is 0 Å². The van der Waals surface area contributed by atoms with Crippen molar-refractivity contribution in [3.05, 3.63) is 47.6 Å². The third-order valence-corrected chi connectivity index (χ3v) is 5.81. The maximum Gasteiger partial charge on any atom is 0.252 e. The maximum absolute atomic E-state index is 13.3. The van der Waals surface area contributed by atoms with Crippen molar-refractivity contribution in [2.75, 3.05) is 26.9 Å². The lowest BCUT2D eigenvalue weighted by molar-refractivity contribution is -0.146. The van der Waals surface area contributed by atoms with Crippen LogP contribution in [-0.4, -0.2) is 47.8 Å². The predicted octanol–water partition coefficient (Wildman–Crippen LogP) is 3.09. The monoisotopic (exact) mass is 385 g/mol. The van der Waals surface area contributed by atoms with Crippen LogP contribution in [0.1, 0.15) is 54.9 Å². The number of aromatic nitrogens is 2. The van der Waals surface area contributed by atoms with Crippen LogP contribution in [0.3, 0.4) is 0 Å². The number of benzene rings is 1.